The lowest BCUT2D eigenvalue weighted by Crippen LogP contribution is -2.25. The molecule has 0 aliphatic rings. The number of nitrogens with one attached hydrogen (secondary N) is 1. The molecule has 4 nitrogen and oxygen atoms in total. The van der Waals surface area contributed by atoms with E-state index in [0.29, 0.717) is 16.7 Å². The summed E-state index contributed by atoms with van der Waals surface area (Å²) in [5.41, 5.74) is 0. The zero-order valence-electron chi connectivity index (χ0n) is 12.7. The zero-order valence-corrected chi connectivity index (χ0v) is 13.5. The lowest BCUT2D eigenvalue weighted by Gasteiger charge is -2.15. The quantitative estimate of drug-likeness (QED) is 0.750. The first-order valence-corrected chi connectivity index (χ1v) is 8.88. The van der Waals surface area contributed by atoms with E-state index in [1.54, 1.807) is 24.3 Å². The fourth-order valence-corrected chi connectivity index (χ4v) is 2.47. The van der Waals surface area contributed by atoms with E-state index in [9.17, 15) is 8.42 Å². The Morgan fingerprint density at radius 1 is 1.15 bits per heavy atom. The third-order valence-electron chi connectivity index (χ3n) is 2.93. The van der Waals surface area contributed by atoms with Crippen LogP contribution >= 0.6 is 0 Å². The highest BCUT2D eigenvalue weighted by atomic mass is 32.2. The van der Waals surface area contributed by atoms with Crippen molar-refractivity contribution in [1.82, 2.24) is 5.32 Å². The van der Waals surface area contributed by atoms with Gasteiger partial charge in [0.15, 0.2) is 9.84 Å². The Kier molecular flexibility index (Phi) is 6.49. The van der Waals surface area contributed by atoms with E-state index < -0.39 is 9.84 Å². The molecule has 0 spiro atoms. The van der Waals surface area contributed by atoms with Crippen molar-refractivity contribution in [1.29, 1.82) is 0 Å². The molecular formula is C15H25NO3S. The molecule has 0 radical (unpaired) electrons. The molecule has 0 fully saturated rings. The molecule has 1 aromatic carbocycles. The van der Waals surface area contributed by atoms with Gasteiger partial charge in [0.25, 0.3) is 0 Å². The summed E-state index contributed by atoms with van der Waals surface area (Å²) in [4.78, 5) is 0.318. The normalized spacial score (nSPS) is 13.4. The molecule has 20 heavy (non-hydrogen) atoms. The van der Waals surface area contributed by atoms with Crippen LogP contribution in [-0.4, -0.2) is 33.4 Å². The van der Waals surface area contributed by atoms with Gasteiger partial charge in [-0.2, -0.15) is 0 Å². The first-order valence-electron chi connectivity index (χ1n) is 6.99. The van der Waals surface area contributed by atoms with Gasteiger partial charge in [-0.05, 0) is 50.6 Å². The van der Waals surface area contributed by atoms with E-state index in [4.69, 9.17) is 4.74 Å². The maximum atomic E-state index is 11.3. The van der Waals surface area contributed by atoms with Gasteiger partial charge in [0.1, 0.15) is 5.75 Å². The molecule has 0 bridgehead atoms. The summed E-state index contributed by atoms with van der Waals surface area (Å²) in [5.74, 6) is 0.710. The molecule has 0 aliphatic heterocycles. The number of hydrogen-bond donors (Lipinski definition) is 1. The van der Waals surface area contributed by atoms with Crippen molar-refractivity contribution in [3.8, 4) is 5.75 Å². The SMILES string of the molecule is CC(C)NCCCC(C)Oc1ccc(S(C)(=O)=O)cc1. The van der Waals surface area contributed by atoms with E-state index in [0.717, 1.165) is 19.4 Å². The Bertz CT molecular complexity index is 494. The molecule has 1 N–H and O–H groups in total. The number of sulfone groups is 1. The highest BCUT2D eigenvalue weighted by Gasteiger charge is 2.08. The summed E-state index contributed by atoms with van der Waals surface area (Å²) in [6, 6.07) is 7.09. The standard InChI is InChI=1S/C15H25NO3S/c1-12(2)16-11-5-6-13(3)19-14-7-9-15(10-8-14)20(4,17)18/h7-10,12-13,16H,5-6,11H2,1-4H3. The van der Waals surface area contributed by atoms with Crippen LogP contribution in [0.1, 0.15) is 33.6 Å². The minimum atomic E-state index is -3.14. The Labute approximate surface area is 122 Å². The highest BCUT2D eigenvalue weighted by molar-refractivity contribution is 7.90. The molecule has 1 atom stereocenters. The Hall–Kier alpha value is -1.07. The van der Waals surface area contributed by atoms with Crippen molar-refractivity contribution in [3.05, 3.63) is 24.3 Å². The lowest BCUT2D eigenvalue weighted by molar-refractivity contribution is 0.207. The average molecular weight is 299 g/mol. The average Bonchev–Trinajstić information content (AvgIpc) is 2.34. The van der Waals surface area contributed by atoms with Gasteiger partial charge in [0.05, 0.1) is 11.0 Å². The summed E-state index contributed by atoms with van der Waals surface area (Å²) in [6.45, 7) is 7.27. The summed E-state index contributed by atoms with van der Waals surface area (Å²) < 4.78 is 28.5. The van der Waals surface area contributed by atoms with Crippen molar-refractivity contribution in [2.24, 2.45) is 0 Å². The fraction of sp³-hybridized carbons (Fsp3) is 0.600. The van der Waals surface area contributed by atoms with Crippen LogP contribution in [0.5, 0.6) is 5.75 Å². The molecule has 0 aliphatic carbocycles. The minimum absolute atomic E-state index is 0.119. The topological polar surface area (TPSA) is 55.4 Å². The number of benzene rings is 1. The molecule has 0 saturated heterocycles. The van der Waals surface area contributed by atoms with Gasteiger partial charge in [0.2, 0.25) is 0 Å². The van der Waals surface area contributed by atoms with Gasteiger partial charge in [-0.3, -0.25) is 0 Å². The molecule has 1 aromatic rings. The van der Waals surface area contributed by atoms with Gasteiger partial charge in [-0.15, -0.1) is 0 Å². The largest absolute Gasteiger partial charge is 0.491 e. The van der Waals surface area contributed by atoms with Gasteiger partial charge in [-0.1, -0.05) is 13.8 Å². The minimum Gasteiger partial charge on any atom is -0.491 e. The van der Waals surface area contributed by atoms with Gasteiger partial charge in [0, 0.05) is 12.3 Å². The van der Waals surface area contributed by atoms with E-state index in [-0.39, 0.29) is 6.10 Å². The monoisotopic (exact) mass is 299 g/mol. The predicted octanol–water partition coefficient (Wildman–Crippen LogP) is 2.64. The second-order valence-corrected chi connectivity index (χ2v) is 7.44. The molecule has 5 heteroatoms. The van der Waals surface area contributed by atoms with Crippen molar-refractivity contribution in [2.45, 2.75) is 50.7 Å². The third-order valence-corrected chi connectivity index (χ3v) is 4.06. The summed E-state index contributed by atoms with van der Waals surface area (Å²) in [7, 11) is -3.14. The van der Waals surface area contributed by atoms with Crippen molar-refractivity contribution >= 4 is 9.84 Å². The molecule has 1 rings (SSSR count). The van der Waals surface area contributed by atoms with Crippen LogP contribution in [0.2, 0.25) is 0 Å². The van der Waals surface area contributed by atoms with Crippen LogP contribution in [0.4, 0.5) is 0 Å². The van der Waals surface area contributed by atoms with Crippen LogP contribution in [0.25, 0.3) is 0 Å². The Balaban J connectivity index is 2.40. The lowest BCUT2D eigenvalue weighted by atomic mass is 10.2. The molecule has 0 aromatic heterocycles. The second kappa shape index (κ2) is 7.64. The zero-order chi connectivity index (χ0) is 15.2. The molecular weight excluding hydrogens is 274 g/mol. The summed E-state index contributed by atoms with van der Waals surface area (Å²) >= 11 is 0. The molecule has 0 amide bonds. The van der Waals surface area contributed by atoms with E-state index in [1.165, 1.54) is 6.26 Å². The Morgan fingerprint density at radius 2 is 1.75 bits per heavy atom. The van der Waals surface area contributed by atoms with Crippen LogP contribution in [0, 0.1) is 0 Å². The number of hydrogen-bond acceptors (Lipinski definition) is 4. The van der Waals surface area contributed by atoms with Crippen molar-refractivity contribution < 1.29 is 13.2 Å². The maximum absolute atomic E-state index is 11.3. The molecule has 0 saturated carbocycles. The molecule has 1 unspecified atom stereocenters. The fourth-order valence-electron chi connectivity index (χ4n) is 1.84. The summed E-state index contributed by atoms with van der Waals surface area (Å²) in [5, 5.41) is 3.37. The third kappa shape index (κ3) is 6.39. The van der Waals surface area contributed by atoms with Gasteiger partial charge < -0.3 is 10.1 Å². The Morgan fingerprint density at radius 3 is 2.25 bits per heavy atom. The number of ether oxygens (including phenoxy) is 1. The molecule has 0 heterocycles. The summed E-state index contributed by atoms with van der Waals surface area (Å²) in [6.07, 6.45) is 3.34. The van der Waals surface area contributed by atoms with E-state index >= 15 is 0 Å². The van der Waals surface area contributed by atoms with Crippen LogP contribution < -0.4 is 10.1 Å². The van der Waals surface area contributed by atoms with Crippen LogP contribution in [0.3, 0.4) is 0 Å². The van der Waals surface area contributed by atoms with Crippen molar-refractivity contribution in [2.75, 3.05) is 12.8 Å². The first kappa shape index (κ1) is 17.0. The smallest absolute Gasteiger partial charge is 0.175 e. The first-order chi connectivity index (χ1) is 9.29. The van der Waals surface area contributed by atoms with E-state index in [2.05, 4.69) is 19.2 Å². The second-order valence-electron chi connectivity index (χ2n) is 5.42. The maximum Gasteiger partial charge on any atom is 0.175 e. The van der Waals surface area contributed by atoms with Crippen LogP contribution in [-0.2, 0) is 9.84 Å². The van der Waals surface area contributed by atoms with Gasteiger partial charge >= 0.3 is 0 Å². The predicted molar refractivity (Wildman–Crippen MR) is 82.0 cm³/mol. The van der Waals surface area contributed by atoms with Gasteiger partial charge in [-0.25, -0.2) is 8.42 Å². The van der Waals surface area contributed by atoms with Crippen molar-refractivity contribution in [3.63, 3.8) is 0 Å². The highest BCUT2D eigenvalue weighted by Crippen LogP contribution is 2.18. The molecule has 114 valence electrons. The van der Waals surface area contributed by atoms with E-state index in [1.807, 2.05) is 6.92 Å². The number of rotatable bonds is 8. The van der Waals surface area contributed by atoms with Crippen LogP contribution in [0.15, 0.2) is 29.2 Å².